The summed E-state index contributed by atoms with van der Waals surface area (Å²) in [5.41, 5.74) is 0.586. The maximum Gasteiger partial charge on any atom is 0.490 e. The van der Waals surface area contributed by atoms with Gasteiger partial charge in [-0.25, -0.2) is 27.6 Å². The first-order valence-electron chi connectivity index (χ1n) is 9.82. The molecule has 0 amide bonds. The summed E-state index contributed by atoms with van der Waals surface area (Å²) in [5, 5.41) is 7.12. The van der Waals surface area contributed by atoms with Gasteiger partial charge in [0, 0.05) is 43.5 Å². The van der Waals surface area contributed by atoms with Gasteiger partial charge in [0.1, 0.15) is 10.6 Å². The number of benzene rings is 1. The minimum atomic E-state index is -5.08. The molecule has 1 N–H and O–H groups in total. The van der Waals surface area contributed by atoms with Crippen LogP contribution in [0.25, 0.3) is 0 Å². The molecule has 2 aromatic rings. The first-order chi connectivity index (χ1) is 15.4. The lowest BCUT2D eigenvalue weighted by Gasteiger charge is -2.50. The molecular formula is C20H21F4N3O5S. The number of ether oxygens (including phenoxy) is 1. The Bertz CT molecular complexity index is 1080. The van der Waals surface area contributed by atoms with Crippen LogP contribution in [0.2, 0.25) is 0 Å². The lowest BCUT2D eigenvalue weighted by Crippen LogP contribution is -2.67. The summed E-state index contributed by atoms with van der Waals surface area (Å²) in [6, 6.07) is 8.55. The zero-order valence-corrected chi connectivity index (χ0v) is 18.0. The number of carbonyl (C=O) groups is 1. The van der Waals surface area contributed by atoms with Crippen molar-refractivity contribution in [2.45, 2.75) is 23.9 Å². The van der Waals surface area contributed by atoms with E-state index >= 15 is 0 Å². The van der Waals surface area contributed by atoms with Gasteiger partial charge in [0.25, 0.3) is 0 Å². The number of aromatic nitrogens is 2. The molecule has 0 radical (unpaired) electrons. The van der Waals surface area contributed by atoms with Gasteiger partial charge in [0.15, 0.2) is 9.84 Å². The van der Waals surface area contributed by atoms with E-state index in [-0.39, 0.29) is 30.1 Å². The van der Waals surface area contributed by atoms with Gasteiger partial charge < -0.3 is 9.84 Å². The van der Waals surface area contributed by atoms with Crippen LogP contribution >= 0.6 is 0 Å². The lowest BCUT2D eigenvalue weighted by atomic mass is 9.83. The molecule has 0 saturated carbocycles. The van der Waals surface area contributed by atoms with Gasteiger partial charge in [0.2, 0.25) is 0 Å². The summed E-state index contributed by atoms with van der Waals surface area (Å²) in [6.45, 7) is 1.51. The third-order valence-corrected chi connectivity index (χ3v) is 8.23. The van der Waals surface area contributed by atoms with Crippen LogP contribution in [-0.4, -0.2) is 70.7 Å². The van der Waals surface area contributed by atoms with Crippen molar-refractivity contribution in [2.75, 3.05) is 25.4 Å². The molecule has 13 heteroatoms. The number of hydrogen-bond acceptors (Lipinski definition) is 7. The number of hydrogen-bond donors (Lipinski definition) is 1. The summed E-state index contributed by atoms with van der Waals surface area (Å²) in [5.74, 6) is -2.95. The lowest BCUT2D eigenvalue weighted by molar-refractivity contribution is -0.192. The molecule has 1 aromatic heterocycles. The van der Waals surface area contributed by atoms with E-state index < -0.39 is 26.7 Å². The average molecular weight is 491 g/mol. The minimum absolute atomic E-state index is 0.104. The zero-order valence-electron chi connectivity index (χ0n) is 17.2. The Balaban J connectivity index is 0.000000383. The Hall–Kier alpha value is -2.80. The second-order valence-electron chi connectivity index (χ2n) is 7.75. The predicted molar refractivity (Wildman–Crippen MR) is 108 cm³/mol. The fourth-order valence-corrected chi connectivity index (χ4v) is 6.39. The number of halogens is 4. The van der Waals surface area contributed by atoms with E-state index in [9.17, 15) is 26.0 Å². The van der Waals surface area contributed by atoms with Crippen LogP contribution in [-0.2, 0) is 21.2 Å². The smallest absolute Gasteiger partial charge is 0.475 e. The van der Waals surface area contributed by atoms with Gasteiger partial charge in [-0.05, 0) is 18.6 Å². The van der Waals surface area contributed by atoms with E-state index in [1.165, 1.54) is 6.07 Å². The maximum absolute atomic E-state index is 13.8. The monoisotopic (exact) mass is 491 g/mol. The standard InChI is InChI=1S/C18H20FN3O3S.C2HF3O2/c19-16-5-2-1-4-14(16)10-22-12-18(13-22)15(6-9-26(18,23)24)11-25-17-20-7-3-8-21-17;3-2(4,5)1(6)7/h1-5,7-8,15H,6,9-13H2;(H,6,7). The molecule has 2 saturated heterocycles. The Kier molecular flexibility index (Phi) is 7.22. The maximum atomic E-state index is 13.8. The number of nitrogens with zero attached hydrogens (tertiary/aromatic N) is 3. The SMILES string of the molecule is O=C(O)C(F)(F)F.O=S1(=O)CCC(COc2ncccn2)C12CN(Cc1ccccc1F)C2. The van der Waals surface area contributed by atoms with Crippen molar-refractivity contribution in [3.05, 3.63) is 54.1 Å². The first-order valence-corrected chi connectivity index (χ1v) is 11.5. The second kappa shape index (κ2) is 9.59. The molecule has 1 aromatic carbocycles. The van der Waals surface area contributed by atoms with Crippen molar-refractivity contribution in [3.8, 4) is 6.01 Å². The van der Waals surface area contributed by atoms with Crippen molar-refractivity contribution < 1.29 is 40.6 Å². The van der Waals surface area contributed by atoms with Gasteiger partial charge in [0.05, 0.1) is 12.4 Å². The number of alkyl halides is 3. The van der Waals surface area contributed by atoms with E-state index in [2.05, 4.69) is 9.97 Å². The molecule has 3 heterocycles. The quantitative estimate of drug-likeness (QED) is 0.635. The fourth-order valence-electron chi connectivity index (χ4n) is 3.93. The van der Waals surface area contributed by atoms with Crippen molar-refractivity contribution in [3.63, 3.8) is 0 Å². The van der Waals surface area contributed by atoms with Crippen LogP contribution < -0.4 is 4.74 Å². The number of carboxylic acid groups (broad SMARTS) is 1. The number of carboxylic acids is 1. The summed E-state index contributed by atoms with van der Waals surface area (Å²) in [4.78, 5) is 18.9. The van der Waals surface area contributed by atoms with Gasteiger partial charge in [-0.15, -0.1) is 0 Å². The van der Waals surface area contributed by atoms with Crippen LogP contribution in [0.3, 0.4) is 0 Å². The molecule has 1 atom stereocenters. The highest BCUT2D eigenvalue weighted by atomic mass is 32.2. The Morgan fingerprint density at radius 1 is 1.18 bits per heavy atom. The van der Waals surface area contributed by atoms with Crippen molar-refractivity contribution in [1.29, 1.82) is 0 Å². The largest absolute Gasteiger partial charge is 0.490 e. The highest BCUT2D eigenvalue weighted by Gasteiger charge is 2.61. The van der Waals surface area contributed by atoms with Crippen LogP contribution in [0.4, 0.5) is 17.6 Å². The normalized spacial score (nSPS) is 21.0. The zero-order chi connectivity index (χ0) is 24.3. The van der Waals surface area contributed by atoms with Gasteiger partial charge in [-0.2, -0.15) is 13.2 Å². The van der Waals surface area contributed by atoms with Gasteiger partial charge in [-0.3, -0.25) is 4.90 Å². The summed E-state index contributed by atoms with van der Waals surface area (Å²) in [7, 11) is -3.19. The van der Waals surface area contributed by atoms with Crippen LogP contribution in [0.5, 0.6) is 6.01 Å². The first kappa shape index (κ1) is 24.8. The molecule has 2 aliphatic heterocycles. The fraction of sp³-hybridized carbons (Fsp3) is 0.450. The van der Waals surface area contributed by atoms with Gasteiger partial charge >= 0.3 is 18.2 Å². The van der Waals surface area contributed by atoms with E-state index in [0.29, 0.717) is 31.6 Å². The van der Waals surface area contributed by atoms with E-state index in [4.69, 9.17) is 14.6 Å². The molecule has 2 aliphatic rings. The molecule has 180 valence electrons. The number of aliphatic carboxylic acids is 1. The van der Waals surface area contributed by atoms with Crippen LogP contribution in [0.1, 0.15) is 12.0 Å². The van der Waals surface area contributed by atoms with Gasteiger partial charge in [-0.1, -0.05) is 18.2 Å². The molecule has 33 heavy (non-hydrogen) atoms. The Morgan fingerprint density at radius 3 is 2.36 bits per heavy atom. The van der Waals surface area contributed by atoms with E-state index in [1.807, 2.05) is 4.90 Å². The topological polar surface area (TPSA) is 110 Å². The van der Waals surface area contributed by atoms with Crippen LogP contribution in [0, 0.1) is 11.7 Å². The second-order valence-corrected chi connectivity index (χ2v) is 10.2. The molecule has 1 spiro atoms. The molecule has 0 bridgehead atoms. The van der Waals surface area contributed by atoms with Crippen molar-refractivity contribution in [1.82, 2.24) is 14.9 Å². The van der Waals surface area contributed by atoms with Crippen LogP contribution in [0.15, 0.2) is 42.7 Å². The summed E-state index contributed by atoms with van der Waals surface area (Å²) < 4.78 is 75.7. The summed E-state index contributed by atoms with van der Waals surface area (Å²) in [6.07, 6.45) is -1.34. The molecular weight excluding hydrogens is 470 g/mol. The third-order valence-electron chi connectivity index (χ3n) is 5.63. The Labute approximate surface area is 187 Å². The Morgan fingerprint density at radius 2 is 1.79 bits per heavy atom. The minimum Gasteiger partial charge on any atom is -0.475 e. The van der Waals surface area contributed by atoms with E-state index in [0.717, 1.165) is 0 Å². The third kappa shape index (κ3) is 5.58. The summed E-state index contributed by atoms with van der Waals surface area (Å²) >= 11 is 0. The predicted octanol–water partition coefficient (Wildman–Crippen LogP) is 2.32. The number of rotatable bonds is 5. The molecule has 8 nitrogen and oxygen atoms in total. The molecule has 4 rings (SSSR count). The highest BCUT2D eigenvalue weighted by molar-refractivity contribution is 7.93. The highest BCUT2D eigenvalue weighted by Crippen LogP contribution is 2.45. The van der Waals surface area contributed by atoms with Crippen molar-refractivity contribution >= 4 is 15.8 Å². The average Bonchev–Trinajstić information content (AvgIpc) is 2.99. The number of likely N-dealkylation sites (tertiary alicyclic amines) is 1. The molecule has 0 aliphatic carbocycles. The van der Waals surface area contributed by atoms with Crippen molar-refractivity contribution in [2.24, 2.45) is 5.92 Å². The molecule has 1 unspecified atom stereocenters. The van der Waals surface area contributed by atoms with E-state index in [1.54, 1.807) is 36.7 Å². The number of sulfone groups is 1. The molecule has 2 fully saturated rings.